The molecule has 5 nitrogen and oxygen atoms in total. The van der Waals surface area contributed by atoms with Crippen LogP contribution in [0.4, 0.5) is 4.79 Å². The number of benzene rings is 2. The van der Waals surface area contributed by atoms with E-state index in [1.165, 1.54) is 5.56 Å². The van der Waals surface area contributed by atoms with Crippen LogP contribution in [0.5, 0.6) is 0 Å². The van der Waals surface area contributed by atoms with Crippen molar-refractivity contribution in [3.8, 4) is 0 Å². The van der Waals surface area contributed by atoms with Crippen LogP contribution < -0.4 is 10.6 Å². The highest BCUT2D eigenvalue weighted by molar-refractivity contribution is 5.94. The third-order valence-electron chi connectivity index (χ3n) is 5.23. The minimum atomic E-state index is -0.0435. The lowest BCUT2D eigenvalue weighted by atomic mass is 10.0. The SMILES string of the molecule is C[C@@H](CCc1ccccc1)NC(=O)N1CCC(NC(=O)c2ccccc2)CC1. The van der Waals surface area contributed by atoms with E-state index in [1.54, 1.807) is 0 Å². The molecular formula is C23H29N3O2. The third-order valence-corrected chi connectivity index (χ3v) is 5.23. The molecule has 0 spiro atoms. The van der Waals surface area contributed by atoms with Crippen LogP contribution in [-0.4, -0.2) is 42.0 Å². The first-order valence-corrected chi connectivity index (χ1v) is 10.1. The highest BCUT2D eigenvalue weighted by Crippen LogP contribution is 2.12. The lowest BCUT2D eigenvalue weighted by molar-refractivity contribution is 0.0917. The number of nitrogens with one attached hydrogen (secondary N) is 2. The number of likely N-dealkylation sites (tertiary alicyclic amines) is 1. The standard InChI is InChI=1S/C23H29N3O2/c1-18(12-13-19-8-4-2-5-9-19)24-23(28)26-16-14-21(15-17-26)25-22(27)20-10-6-3-7-11-20/h2-11,18,21H,12-17H2,1H3,(H,24,28)(H,25,27)/t18-/m0/s1. The molecule has 0 radical (unpaired) electrons. The van der Waals surface area contributed by atoms with Gasteiger partial charge in [-0.25, -0.2) is 4.79 Å². The number of hydrogen-bond acceptors (Lipinski definition) is 2. The lowest BCUT2D eigenvalue weighted by Gasteiger charge is -2.33. The average molecular weight is 380 g/mol. The summed E-state index contributed by atoms with van der Waals surface area (Å²) in [4.78, 5) is 26.6. The number of rotatable bonds is 6. The summed E-state index contributed by atoms with van der Waals surface area (Å²) >= 11 is 0. The molecule has 0 unspecified atom stereocenters. The highest BCUT2D eigenvalue weighted by atomic mass is 16.2. The maximum absolute atomic E-state index is 12.5. The number of carbonyl (C=O) groups is 2. The van der Waals surface area contributed by atoms with E-state index in [-0.39, 0.29) is 24.0 Å². The molecule has 1 aliphatic rings. The molecule has 5 heteroatoms. The van der Waals surface area contributed by atoms with Crippen LogP contribution in [0.3, 0.4) is 0 Å². The molecule has 1 aliphatic heterocycles. The zero-order valence-electron chi connectivity index (χ0n) is 16.4. The fourth-order valence-corrected chi connectivity index (χ4v) is 3.49. The molecule has 1 atom stereocenters. The first-order valence-electron chi connectivity index (χ1n) is 10.1. The molecule has 2 N–H and O–H groups in total. The Kier molecular flexibility index (Phi) is 7.06. The van der Waals surface area contributed by atoms with Crippen LogP contribution in [-0.2, 0) is 6.42 Å². The van der Waals surface area contributed by atoms with E-state index < -0.39 is 0 Å². The van der Waals surface area contributed by atoms with E-state index in [2.05, 4.69) is 22.8 Å². The number of nitrogens with zero attached hydrogens (tertiary/aromatic N) is 1. The number of amides is 3. The van der Waals surface area contributed by atoms with Crippen molar-refractivity contribution < 1.29 is 9.59 Å². The van der Waals surface area contributed by atoms with E-state index in [9.17, 15) is 9.59 Å². The van der Waals surface area contributed by atoms with E-state index >= 15 is 0 Å². The zero-order chi connectivity index (χ0) is 19.8. The predicted molar refractivity (Wildman–Crippen MR) is 111 cm³/mol. The van der Waals surface area contributed by atoms with Crippen LogP contribution in [0.1, 0.15) is 42.1 Å². The molecule has 148 valence electrons. The van der Waals surface area contributed by atoms with Crippen LogP contribution in [0.25, 0.3) is 0 Å². The van der Waals surface area contributed by atoms with Crippen molar-refractivity contribution in [1.29, 1.82) is 0 Å². The van der Waals surface area contributed by atoms with Gasteiger partial charge in [0.2, 0.25) is 0 Å². The zero-order valence-corrected chi connectivity index (χ0v) is 16.4. The maximum atomic E-state index is 12.5. The average Bonchev–Trinajstić information content (AvgIpc) is 2.74. The predicted octanol–water partition coefficient (Wildman–Crippen LogP) is 3.61. The van der Waals surface area contributed by atoms with Crippen molar-refractivity contribution in [3.63, 3.8) is 0 Å². The molecule has 3 rings (SSSR count). The molecule has 3 amide bonds. The topological polar surface area (TPSA) is 61.4 Å². The Morgan fingerprint density at radius 3 is 2.25 bits per heavy atom. The maximum Gasteiger partial charge on any atom is 0.317 e. The largest absolute Gasteiger partial charge is 0.349 e. The van der Waals surface area contributed by atoms with E-state index in [1.807, 2.05) is 60.4 Å². The van der Waals surface area contributed by atoms with Crippen molar-refractivity contribution in [2.75, 3.05) is 13.1 Å². The summed E-state index contributed by atoms with van der Waals surface area (Å²) in [5, 5.41) is 6.18. The van der Waals surface area contributed by atoms with Gasteiger partial charge in [-0.1, -0.05) is 48.5 Å². The smallest absolute Gasteiger partial charge is 0.317 e. The quantitative estimate of drug-likeness (QED) is 0.805. The molecule has 0 aliphatic carbocycles. The number of carbonyl (C=O) groups excluding carboxylic acids is 2. The van der Waals surface area contributed by atoms with Crippen molar-refractivity contribution >= 4 is 11.9 Å². The summed E-state index contributed by atoms with van der Waals surface area (Å²) in [7, 11) is 0. The summed E-state index contributed by atoms with van der Waals surface area (Å²) < 4.78 is 0. The highest BCUT2D eigenvalue weighted by Gasteiger charge is 2.24. The van der Waals surface area contributed by atoms with Gasteiger partial charge in [-0.2, -0.15) is 0 Å². The monoisotopic (exact) mass is 379 g/mol. The Morgan fingerprint density at radius 1 is 1.00 bits per heavy atom. The molecule has 0 bridgehead atoms. The molecule has 0 saturated carbocycles. The molecule has 2 aromatic rings. The second-order valence-corrected chi connectivity index (χ2v) is 7.48. The molecule has 1 heterocycles. The fraction of sp³-hybridized carbons (Fsp3) is 0.391. The molecule has 2 aromatic carbocycles. The summed E-state index contributed by atoms with van der Waals surface area (Å²) in [5.74, 6) is -0.0435. The van der Waals surface area contributed by atoms with Crippen molar-refractivity contribution in [2.24, 2.45) is 0 Å². The van der Waals surface area contributed by atoms with Gasteiger partial charge < -0.3 is 15.5 Å². The first kappa shape index (κ1) is 19.9. The van der Waals surface area contributed by atoms with Crippen molar-refractivity contribution in [2.45, 2.75) is 44.7 Å². The summed E-state index contributed by atoms with van der Waals surface area (Å²) in [6, 6.07) is 19.8. The number of piperidine rings is 1. The molecule has 28 heavy (non-hydrogen) atoms. The summed E-state index contributed by atoms with van der Waals surface area (Å²) in [6.07, 6.45) is 3.43. The normalized spacial score (nSPS) is 15.7. The first-order chi connectivity index (χ1) is 13.6. The van der Waals surface area contributed by atoms with Gasteiger partial charge in [0.1, 0.15) is 0 Å². The van der Waals surface area contributed by atoms with Crippen LogP contribution in [0.2, 0.25) is 0 Å². The lowest BCUT2D eigenvalue weighted by Crippen LogP contribution is -2.51. The van der Waals surface area contributed by atoms with Crippen molar-refractivity contribution in [1.82, 2.24) is 15.5 Å². The number of urea groups is 1. The number of hydrogen-bond donors (Lipinski definition) is 2. The fourth-order valence-electron chi connectivity index (χ4n) is 3.49. The van der Waals surface area contributed by atoms with E-state index in [0.717, 1.165) is 25.7 Å². The van der Waals surface area contributed by atoms with Gasteiger partial charge >= 0.3 is 6.03 Å². The Balaban J connectivity index is 1.38. The van der Waals surface area contributed by atoms with Gasteiger partial charge in [0.05, 0.1) is 0 Å². The molecule has 1 saturated heterocycles. The van der Waals surface area contributed by atoms with Gasteiger partial charge in [0, 0.05) is 30.7 Å². The van der Waals surface area contributed by atoms with Gasteiger partial charge in [-0.15, -0.1) is 0 Å². The second kappa shape index (κ2) is 9.93. The molecule has 1 fully saturated rings. The Bertz CT molecular complexity index is 756. The number of aryl methyl sites for hydroxylation is 1. The minimum Gasteiger partial charge on any atom is -0.349 e. The van der Waals surface area contributed by atoms with Gasteiger partial charge in [0.25, 0.3) is 5.91 Å². The van der Waals surface area contributed by atoms with Gasteiger partial charge in [0.15, 0.2) is 0 Å². The van der Waals surface area contributed by atoms with E-state index in [0.29, 0.717) is 18.7 Å². The van der Waals surface area contributed by atoms with Crippen LogP contribution >= 0.6 is 0 Å². The Hall–Kier alpha value is -2.82. The van der Waals surface area contributed by atoms with E-state index in [4.69, 9.17) is 0 Å². The van der Waals surface area contributed by atoms with Gasteiger partial charge in [-0.05, 0) is 50.3 Å². The van der Waals surface area contributed by atoms with Crippen LogP contribution in [0.15, 0.2) is 60.7 Å². The van der Waals surface area contributed by atoms with Crippen molar-refractivity contribution in [3.05, 3.63) is 71.8 Å². The molecule has 0 aromatic heterocycles. The Labute approximate surface area is 167 Å². The Morgan fingerprint density at radius 2 is 1.61 bits per heavy atom. The summed E-state index contributed by atoms with van der Waals surface area (Å²) in [5.41, 5.74) is 1.97. The van der Waals surface area contributed by atoms with Crippen LogP contribution in [0, 0.1) is 0 Å². The third kappa shape index (κ3) is 5.84. The molecular weight excluding hydrogens is 350 g/mol. The van der Waals surface area contributed by atoms with Gasteiger partial charge in [-0.3, -0.25) is 4.79 Å². The minimum absolute atomic E-state index is 0.00611. The summed E-state index contributed by atoms with van der Waals surface area (Å²) in [6.45, 7) is 3.38. The second-order valence-electron chi connectivity index (χ2n) is 7.48.